The molecule has 0 aromatic heterocycles. The van der Waals surface area contributed by atoms with E-state index in [2.05, 4.69) is 35.1 Å². The van der Waals surface area contributed by atoms with E-state index in [1.54, 1.807) is 12.1 Å². The van der Waals surface area contributed by atoms with Crippen molar-refractivity contribution in [1.29, 1.82) is 0 Å². The predicted molar refractivity (Wildman–Crippen MR) is 137 cm³/mol. The van der Waals surface area contributed by atoms with E-state index >= 15 is 0 Å². The second-order valence-corrected chi connectivity index (χ2v) is 12.6. The molecule has 3 rings (SSSR count). The van der Waals surface area contributed by atoms with Crippen molar-refractivity contribution < 1.29 is 22.7 Å². The van der Waals surface area contributed by atoms with E-state index in [1.807, 2.05) is 24.3 Å². The molecule has 186 valence electrons. The van der Waals surface area contributed by atoms with Gasteiger partial charge in [0.1, 0.15) is 0 Å². The van der Waals surface area contributed by atoms with Crippen molar-refractivity contribution in [2.45, 2.75) is 41.2 Å². The topological polar surface area (TPSA) is 84.9 Å². The SMILES string of the molecule is COC(CNC(=O)c1cc(S(=O)(=O)N2CC(C)CC(C)C2)ccc1Sc1ccc(Br)cc1)OC. The molecule has 1 aliphatic rings. The molecule has 0 spiro atoms. The van der Waals surface area contributed by atoms with Crippen LogP contribution >= 0.6 is 27.7 Å². The fourth-order valence-corrected chi connectivity index (χ4v) is 6.95. The highest BCUT2D eigenvalue weighted by atomic mass is 79.9. The Morgan fingerprint density at radius 3 is 2.32 bits per heavy atom. The number of amides is 1. The summed E-state index contributed by atoms with van der Waals surface area (Å²) in [6, 6.07) is 12.5. The Kier molecular flexibility index (Phi) is 9.59. The summed E-state index contributed by atoms with van der Waals surface area (Å²) < 4.78 is 39.7. The minimum atomic E-state index is -3.73. The first-order valence-electron chi connectivity index (χ1n) is 11.1. The van der Waals surface area contributed by atoms with Crippen LogP contribution in [0.15, 0.2) is 61.6 Å². The van der Waals surface area contributed by atoms with Crippen LogP contribution in [0.1, 0.15) is 30.6 Å². The van der Waals surface area contributed by atoms with E-state index in [0.29, 0.717) is 18.0 Å². The molecule has 2 aromatic carbocycles. The lowest BCUT2D eigenvalue weighted by molar-refractivity contribution is -0.0974. The first-order chi connectivity index (χ1) is 16.1. The summed E-state index contributed by atoms with van der Waals surface area (Å²) in [5.74, 6) is 0.179. The molecule has 2 aromatic rings. The number of carbonyl (C=O) groups excluding carboxylic acids is 1. The number of methoxy groups -OCH3 is 2. The molecule has 34 heavy (non-hydrogen) atoms. The summed E-state index contributed by atoms with van der Waals surface area (Å²) >= 11 is 4.83. The molecule has 1 amide bonds. The number of hydrogen-bond donors (Lipinski definition) is 1. The van der Waals surface area contributed by atoms with Gasteiger partial charge in [0.15, 0.2) is 6.29 Å². The summed E-state index contributed by atoms with van der Waals surface area (Å²) in [5.41, 5.74) is 0.290. The van der Waals surface area contributed by atoms with Gasteiger partial charge in [0, 0.05) is 41.6 Å². The normalized spacial score (nSPS) is 19.4. The molecular weight excluding hydrogens is 540 g/mol. The lowest BCUT2D eigenvalue weighted by Crippen LogP contribution is -2.42. The van der Waals surface area contributed by atoms with Crippen molar-refractivity contribution in [2.24, 2.45) is 11.8 Å². The standard InChI is InChI=1S/C24H31BrN2O5S2/c1-16-11-17(2)15-27(14-16)34(29,30)20-9-10-22(33-19-7-5-18(25)6-8-19)21(12-20)24(28)26-13-23(31-3)32-4/h5-10,12,16-17,23H,11,13-15H2,1-4H3,(H,26,28). The monoisotopic (exact) mass is 570 g/mol. The molecule has 2 unspecified atom stereocenters. The van der Waals surface area contributed by atoms with Gasteiger partial charge in [0.05, 0.1) is 17.0 Å². The summed E-state index contributed by atoms with van der Waals surface area (Å²) in [5, 5.41) is 2.79. The second-order valence-electron chi connectivity index (χ2n) is 8.59. The molecule has 0 saturated carbocycles. The van der Waals surface area contributed by atoms with Gasteiger partial charge >= 0.3 is 0 Å². The summed E-state index contributed by atoms with van der Waals surface area (Å²) in [6.45, 7) is 5.22. The van der Waals surface area contributed by atoms with Crippen LogP contribution < -0.4 is 5.32 Å². The van der Waals surface area contributed by atoms with E-state index in [1.165, 1.54) is 36.4 Å². The van der Waals surface area contributed by atoms with E-state index in [0.717, 1.165) is 15.8 Å². The minimum Gasteiger partial charge on any atom is -0.354 e. The second kappa shape index (κ2) is 12.0. The van der Waals surface area contributed by atoms with Gasteiger partial charge in [-0.25, -0.2) is 8.42 Å². The Balaban J connectivity index is 1.95. The molecule has 2 atom stereocenters. The number of halogens is 1. The molecule has 10 heteroatoms. The maximum Gasteiger partial charge on any atom is 0.252 e. The number of nitrogens with zero attached hydrogens (tertiary/aromatic N) is 1. The highest BCUT2D eigenvalue weighted by Gasteiger charge is 2.32. The Morgan fingerprint density at radius 2 is 1.74 bits per heavy atom. The van der Waals surface area contributed by atoms with E-state index in [4.69, 9.17) is 9.47 Å². The van der Waals surface area contributed by atoms with Crippen molar-refractivity contribution in [3.05, 3.63) is 52.5 Å². The van der Waals surface area contributed by atoms with Crippen LogP contribution in [0.3, 0.4) is 0 Å². The van der Waals surface area contributed by atoms with Gasteiger partial charge in [-0.15, -0.1) is 0 Å². The third kappa shape index (κ3) is 6.83. The average molecular weight is 572 g/mol. The number of benzene rings is 2. The maximum absolute atomic E-state index is 13.5. The Morgan fingerprint density at radius 1 is 1.12 bits per heavy atom. The largest absolute Gasteiger partial charge is 0.354 e. The fraction of sp³-hybridized carbons (Fsp3) is 0.458. The number of hydrogen-bond acceptors (Lipinski definition) is 6. The quantitative estimate of drug-likeness (QED) is 0.443. The fourth-order valence-electron chi connectivity index (χ4n) is 4.05. The van der Waals surface area contributed by atoms with E-state index in [9.17, 15) is 13.2 Å². The minimum absolute atomic E-state index is 0.120. The first-order valence-corrected chi connectivity index (χ1v) is 14.1. The van der Waals surface area contributed by atoms with Crippen molar-refractivity contribution in [3.8, 4) is 0 Å². The number of piperidine rings is 1. The van der Waals surface area contributed by atoms with Crippen molar-refractivity contribution in [2.75, 3.05) is 33.9 Å². The van der Waals surface area contributed by atoms with Crippen molar-refractivity contribution in [3.63, 3.8) is 0 Å². The van der Waals surface area contributed by atoms with Gasteiger partial charge in [0.25, 0.3) is 5.91 Å². The summed E-state index contributed by atoms with van der Waals surface area (Å²) in [6.07, 6.45) is 0.401. The maximum atomic E-state index is 13.5. The summed E-state index contributed by atoms with van der Waals surface area (Å²) in [7, 11) is -0.753. The smallest absolute Gasteiger partial charge is 0.252 e. The molecule has 1 heterocycles. The lowest BCUT2D eigenvalue weighted by Gasteiger charge is -2.34. The third-order valence-electron chi connectivity index (χ3n) is 5.67. The average Bonchev–Trinajstić information content (AvgIpc) is 2.80. The molecule has 1 aliphatic heterocycles. The number of nitrogens with one attached hydrogen (secondary N) is 1. The lowest BCUT2D eigenvalue weighted by atomic mass is 9.94. The van der Waals surface area contributed by atoms with Gasteiger partial charge < -0.3 is 14.8 Å². The van der Waals surface area contributed by atoms with Crippen LogP contribution in [0.2, 0.25) is 0 Å². The van der Waals surface area contributed by atoms with Crippen LogP contribution in [0.4, 0.5) is 0 Å². The third-order valence-corrected chi connectivity index (χ3v) is 9.11. The molecule has 1 fully saturated rings. The number of ether oxygens (including phenoxy) is 2. The van der Waals surface area contributed by atoms with E-state index in [-0.39, 0.29) is 28.8 Å². The molecule has 0 aliphatic carbocycles. The van der Waals surface area contributed by atoms with Gasteiger partial charge in [0.2, 0.25) is 10.0 Å². The number of sulfonamides is 1. The zero-order valence-electron chi connectivity index (χ0n) is 19.8. The first kappa shape index (κ1) is 27.2. The predicted octanol–water partition coefficient (Wildman–Crippen LogP) is 4.62. The molecule has 0 bridgehead atoms. The zero-order valence-corrected chi connectivity index (χ0v) is 23.0. The number of rotatable bonds is 9. The Labute approximate surface area is 214 Å². The van der Waals surface area contributed by atoms with Crippen LogP contribution in [0.25, 0.3) is 0 Å². The van der Waals surface area contributed by atoms with Crippen LogP contribution in [0, 0.1) is 11.8 Å². The molecule has 1 saturated heterocycles. The Bertz CT molecular complexity index is 1080. The van der Waals surface area contributed by atoms with Crippen LogP contribution in [-0.2, 0) is 19.5 Å². The summed E-state index contributed by atoms with van der Waals surface area (Å²) in [4.78, 5) is 14.9. The van der Waals surface area contributed by atoms with Crippen molar-refractivity contribution in [1.82, 2.24) is 9.62 Å². The van der Waals surface area contributed by atoms with Crippen LogP contribution in [-0.4, -0.2) is 58.8 Å². The molecule has 0 radical (unpaired) electrons. The Hall–Kier alpha value is -1.43. The van der Waals surface area contributed by atoms with Gasteiger partial charge in [-0.05, 0) is 60.7 Å². The highest BCUT2D eigenvalue weighted by Crippen LogP contribution is 2.34. The molecular formula is C24H31BrN2O5S2. The zero-order chi connectivity index (χ0) is 24.9. The van der Waals surface area contributed by atoms with Gasteiger partial charge in [-0.2, -0.15) is 4.31 Å². The highest BCUT2D eigenvalue weighted by molar-refractivity contribution is 9.10. The van der Waals surface area contributed by atoms with E-state index < -0.39 is 22.2 Å². The molecule has 7 nitrogen and oxygen atoms in total. The van der Waals surface area contributed by atoms with Crippen LogP contribution in [0.5, 0.6) is 0 Å². The number of carbonyl (C=O) groups is 1. The van der Waals surface area contributed by atoms with Gasteiger partial charge in [-0.1, -0.05) is 41.5 Å². The van der Waals surface area contributed by atoms with Crippen molar-refractivity contribution >= 4 is 43.6 Å². The molecule has 1 N–H and O–H groups in total. The van der Waals surface area contributed by atoms with Gasteiger partial charge in [-0.3, -0.25) is 4.79 Å².